The van der Waals surface area contributed by atoms with Crippen molar-refractivity contribution >= 4 is 46.0 Å². The molecule has 1 aromatic rings. The smallest absolute Gasteiger partial charge is 0.360 e. The van der Waals surface area contributed by atoms with E-state index in [2.05, 4.69) is 10.1 Å². The third-order valence-electron chi connectivity index (χ3n) is 2.57. The molecular weight excluding hydrogens is 305 g/mol. The Morgan fingerprint density at radius 2 is 2.26 bits per heavy atom. The number of nitrogen functional groups attached to an aromatic ring is 1. The molecule has 9 heteroatoms. The van der Waals surface area contributed by atoms with E-state index >= 15 is 0 Å². The summed E-state index contributed by atoms with van der Waals surface area (Å²) in [6.07, 6.45) is 2.02. The van der Waals surface area contributed by atoms with Gasteiger partial charge in [-0.25, -0.2) is 9.78 Å². The van der Waals surface area contributed by atoms with E-state index in [1.54, 1.807) is 0 Å². The highest BCUT2D eigenvalue weighted by Crippen LogP contribution is 2.44. The Kier molecular flexibility index (Phi) is 5.90. The summed E-state index contributed by atoms with van der Waals surface area (Å²) >= 11 is 6.63. The van der Waals surface area contributed by atoms with Crippen LogP contribution in [0, 0.1) is 0 Å². The van der Waals surface area contributed by atoms with Gasteiger partial charge in [0.1, 0.15) is 12.0 Å². The molecule has 0 atom stereocenters. The highest BCUT2D eigenvalue weighted by molar-refractivity contribution is 8.14. The van der Waals surface area contributed by atoms with E-state index in [1.165, 1.54) is 5.38 Å². The Hall–Kier alpha value is -0.980. The van der Waals surface area contributed by atoms with Crippen molar-refractivity contribution in [2.24, 2.45) is 5.16 Å². The van der Waals surface area contributed by atoms with Crippen LogP contribution in [0.5, 0.6) is 0 Å². The molecule has 0 saturated heterocycles. The van der Waals surface area contributed by atoms with Crippen molar-refractivity contribution in [2.45, 2.75) is 13.8 Å². The third kappa shape index (κ3) is 4.56. The molecule has 0 unspecified atom stereocenters. The lowest BCUT2D eigenvalue weighted by molar-refractivity contribution is -0.129. The van der Waals surface area contributed by atoms with Gasteiger partial charge in [0.25, 0.3) is 0 Å². The molecule has 0 spiro atoms. The SMILES string of the molecule is CCP(=S)(CC)CO/N=C(\C(=O)O)c1csc(N)n1. The van der Waals surface area contributed by atoms with Gasteiger partial charge in [0.2, 0.25) is 5.71 Å². The molecule has 0 aliphatic carbocycles. The van der Waals surface area contributed by atoms with E-state index < -0.39 is 12.0 Å². The fourth-order valence-corrected chi connectivity index (χ4v) is 2.97. The number of carboxylic acid groups (broad SMARTS) is 1. The van der Waals surface area contributed by atoms with Gasteiger partial charge in [0.05, 0.1) is 0 Å². The predicted molar refractivity (Wildman–Crippen MR) is 82.0 cm³/mol. The first-order valence-electron chi connectivity index (χ1n) is 5.63. The van der Waals surface area contributed by atoms with Crippen LogP contribution >= 0.6 is 17.4 Å². The molecule has 0 amide bonds. The number of anilines is 1. The molecule has 0 aliphatic heterocycles. The first-order valence-corrected chi connectivity index (χ1v) is 9.87. The van der Waals surface area contributed by atoms with Crippen LogP contribution in [0.1, 0.15) is 19.5 Å². The molecule has 1 aromatic heterocycles. The van der Waals surface area contributed by atoms with Crippen molar-refractivity contribution in [1.82, 2.24) is 4.98 Å². The number of hydrogen-bond donors (Lipinski definition) is 2. The average molecular weight is 321 g/mol. The summed E-state index contributed by atoms with van der Waals surface area (Å²) in [5, 5.41) is 14.5. The molecule has 6 nitrogen and oxygen atoms in total. The molecule has 19 heavy (non-hydrogen) atoms. The van der Waals surface area contributed by atoms with Crippen molar-refractivity contribution in [3.63, 3.8) is 0 Å². The topological polar surface area (TPSA) is 97.8 Å². The van der Waals surface area contributed by atoms with Gasteiger partial charge in [-0.2, -0.15) is 0 Å². The van der Waals surface area contributed by atoms with Crippen LogP contribution in [0.15, 0.2) is 10.5 Å². The number of nitrogens with zero attached hydrogens (tertiary/aromatic N) is 2. The predicted octanol–water partition coefficient (Wildman–Crippen LogP) is 2.01. The molecule has 0 saturated carbocycles. The number of aromatic nitrogens is 1. The number of rotatable bonds is 7. The van der Waals surface area contributed by atoms with Crippen LogP contribution in [0.25, 0.3) is 0 Å². The van der Waals surface area contributed by atoms with Gasteiger partial charge >= 0.3 is 5.97 Å². The van der Waals surface area contributed by atoms with Crippen LogP contribution in [0.2, 0.25) is 0 Å². The molecule has 0 aliphatic rings. The standard InChI is InChI=1S/C10H16N3O3PS2/c1-3-17(18,4-2)6-16-13-8(9(14)15)7-5-19-10(11)12-7/h5H,3-4,6H2,1-2H3,(H2,11,12)(H,14,15)/b13-8-. The highest BCUT2D eigenvalue weighted by Gasteiger charge is 2.18. The number of oxime groups is 1. The van der Waals surface area contributed by atoms with Crippen LogP contribution in [-0.4, -0.2) is 40.4 Å². The lowest BCUT2D eigenvalue weighted by Crippen LogP contribution is -2.16. The fourth-order valence-electron chi connectivity index (χ4n) is 1.20. The normalized spacial score (nSPS) is 12.4. The maximum atomic E-state index is 11.1. The lowest BCUT2D eigenvalue weighted by Gasteiger charge is -2.15. The number of carboxylic acids is 1. The first-order chi connectivity index (χ1) is 8.91. The van der Waals surface area contributed by atoms with Gasteiger partial charge < -0.3 is 15.7 Å². The second-order valence-corrected chi connectivity index (χ2v) is 10.6. The molecule has 106 valence electrons. The zero-order valence-electron chi connectivity index (χ0n) is 10.7. The summed E-state index contributed by atoms with van der Waals surface area (Å²) in [4.78, 5) is 20.1. The second kappa shape index (κ2) is 6.98. The highest BCUT2D eigenvalue weighted by atomic mass is 32.4. The van der Waals surface area contributed by atoms with Gasteiger partial charge in [-0.15, -0.1) is 11.3 Å². The maximum Gasteiger partial charge on any atom is 0.360 e. The summed E-state index contributed by atoms with van der Waals surface area (Å²) < 4.78 is 0. The van der Waals surface area contributed by atoms with Crippen molar-refractivity contribution in [3.05, 3.63) is 11.1 Å². The van der Waals surface area contributed by atoms with Gasteiger partial charge in [-0.3, -0.25) is 0 Å². The summed E-state index contributed by atoms with van der Waals surface area (Å²) in [5.41, 5.74) is 5.42. The van der Waals surface area contributed by atoms with Gasteiger partial charge in [-0.1, -0.05) is 30.8 Å². The van der Waals surface area contributed by atoms with E-state index in [9.17, 15) is 4.79 Å². The van der Waals surface area contributed by atoms with E-state index in [-0.39, 0.29) is 16.5 Å². The molecule has 3 N–H and O–H groups in total. The minimum absolute atomic E-state index is 0.205. The largest absolute Gasteiger partial charge is 0.476 e. The molecular formula is C10H16N3O3PS2. The van der Waals surface area contributed by atoms with Crippen molar-refractivity contribution < 1.29 is 14.7 Å². The third-order valence-corrected chi connectivity index (χ3v) is 8.00. The molecule has 0 fully saturated rings. The Labute approximate surface area is 120 Å². The van der Waals surface area contributed by atoms with E-state index in [0.29, 0.717) is 6.35 Å². The van der Waals surface area contributed by atoms with E-state index in [1.807, 2.05) is 13.8 Å². The first kappa shape index (κ1) is 16.1. The second-order valence-electron chi connectivity index (χ2n) is 3.76. The Bertz CT molecular complexity index is 522. The van der Waals surface area contributed by atoms with Crippen molar-refractivity contribution in [2.75, 3.05) is 24.4 Å². The Morgan fingerprint density at radius 1 is 1.63 bits per heavy atom. The van der Waals surface area contributed by atoms with Crippen LogP contribution in [0.3, 0.4) is 0 Å². The molecule has 0 aromatic carbocycles. The summed E-state index contributed by atoms with van der Waals surface area (Å²) in [5.74, 6) is -1.20. The van der Waals surface area contributed by atoms with E-state index in [0.717, 1.165) is 23.7 Å². The molecule has 0 radical (unpaired) electrons. The van der Waals surface area contributed by atoms with Crippen LogP contribution < -0.4 is 5.73 Å². The van der Waals surface area contributed by atoms with E-state index in [4.69, 9.17) is 27.5 Å². The Balaban J connectivity index is 2.81. The number of thiazole rings is 1. The van der Waals surface area contributed by atoms with Crippen LogP contribution in [-0.2, 0) is 21.4 Å². The fraction of sp³-hybridized carbons (Fsp3) is 0.500. The average Bonchev–Trinajstić information content (AvgIpc) is 2.80. The quantitative estimate of drug-likeness (QED) is 0.453. The minimum Gasteiger partial charge on any atom is -0.476 e. The van der Waals surface area contributed by atoms with Crippen LogP contribution in [0.4, 0.5) is 5.13 Å². The maximum absolute atomic E-state index is 11.1. The summed E-state index contributed by atoms with van der Waals surface area (Å²) in [7, 11) is 0. The molecule has 1 rings (SSSR count). The zero-order chi connectivity index (χ0) is 14.5. The lowest BCUT2D eigenvalue weighted by atomic mass is 10.3. The number of carbonyl (C=O) groups is 1. The molecule has 1 heterocycles. The Morgan fingerprint density at radius 3 is 2.68 bits per heavy atom. The molecule has 0 bridgehead atoms. The number of nitrogens with two attached hydrogens (primary N) is 1. The monoisotopic (exact) mass is 321 g/mol. The van der Waals surface area contributed by atoms with Crippen molar-refractivity contribution in [3.8, 4) is 0 Å². The summed E-state index contributed by atoms with van der Waals surface area (Å²) in [6.45, 7) is 4.02. The number of hydrogen-bond acceptors (Lipinski definition) is 7. The number of aliphatic carboxylic acids is 1. The summed E-state index contributed by atoms with van der Waals surface area (Å²) in [6, 6.07) is -1.59. The van der Waals surface area contributed by atoms with Gasteiger partial charge in [0, 0.05) is 5.38 Å². The van der Waals surface area contributed by atoms with Crippen molar-refractivity contribution in [1.29, 1.82) is 0 Å². The van der Waals surface area contributed by atoms with Gasteiger partial charge in [0.15, 0.2) is 5.13 Å². The van der Waals surface area contributed by atoms with Gasteiger partial charge in [-0.05, 0) is 18.4 Å². The zero-order valence-corrected chi connectivity index (χ0v) is 13.2. The minimum atomic E-state index is -1.59.